The van der Waals surface area contributed by atoms with Crippen LogP contribution in [0.15, 0.2) is 5.38 Å². The summed E-state index contributed by atoms with van der Waals surface area (Å²) in [5.74, 6) is -1.01. The van der Waals surface area contributed by atoms with Crippen LogP contribution in [0.25, 0.3) is 0 Å². The van der Waals surface area contributed by atoms with E-state index in [2.05, 4.69) is 4.98 Å². The van der Waals surface area contributed by atoms with Gasteiger partial charge in [0.1, 0.15) is 6.10 Å². The van der Waals surface area contributed by atoms with Crippen molar-refractivity contribution in [3.63, 3.8) is 0 Å². The minimum absolute atomic E-state index is 0.255. The molecule has 2 N–H and O–H groups in total. The fourth-order valence-electron chi connectivity index (χ4n) is 2.88. The Hall–Kier alpha value is -1.63. The molecule has 102 valence electrons. The van der Waals surface area contributed by atoms with Crippen LogP contribution in [0, 0.1) is 5.41 Å². The fourth-order valence-corrected chi connectivity index (χ4v) is 3.57. The number of nitrogens with two attached hydrogens (primary N) is 1. The maximum atomic E-state index is 12.2. The lowest BCUT2D eigenvalue weighted by Crippen LogP contribution is -2.31. The van der Waals surface area contributed by atoms with Gasteiger partial charge in [-0.3, -0.25) is 9.59 Å². The van der Waals surface area contributed by atoms with E-state index in [0.29, 0.717) is 17.2 Å². The minimum atomic E-state index is -1.17. The number of ether oxygens (including phenoxy) is 2. The number of nitrogen functional groups attached to an aromatic ring is 1. The molecule has 0 unspecified atom stereocenters. The van der Waals surface area contributed by atoms with E-state index in [1.807, 2.05) is 0 Å². The number of esters is 2. The number of aromatic nitrogens is 1. The largest absolute Gasteiger partial charge is 0.462 e. The number of rotatable bonds is 1. The first kappa shape index (κ1) is 12.4. The third-order valence-corrected chi connectivity index (χ3v) is 4.42. The van der Waals surface area contributed by atoms with E-state index in [4.69, 9.17) is 15.2 Å². The summed E-state index contributed by atoms with van der Waals surface area (Å²) in [5, 5.41) is 2.17. The maximum Gasteiger partial charge on any atom is 0.324 e. The number of hydrogen-bond donors (Lipinski definition) is 1. The molecule has 6 nitrogen and oxygen atoms in total. The van der Waals surface area contributed by atoms with E-state index < -0.39 is 23.0 Å². The minimum Gasteiger partial charge on any atom is -0.462 e. The van der Waals surface area contributed by atoms with Gasteiger partial charge in [0, 0.05) is 18.2 Å². The van der Waals surface area contributed by atoms with Gasteiger partial charge in [-0.25, -0.2) is 4.98 Å². The molecule has 1 aromatic heterocycles. The van der Waals surface area contributed by atoms with Crippen LogP contribution in [-0.2, 0) is 24.7 Å². The first-order chi connectivity index (χ1) is 8.86. The van der Waals surface area contributed by atoms with Crippen molar-refractivity contribution in [3.8, 4) is 0 Å². The Balaban J connectivity index is 1.98. The molecular formula is C12H14N2O4S. The third-order valence-electron chi connectivity index (χ3n) is 3.75. The average molecular weight is 282 g/mol. The second-order valence-electron chi connectivity index (χ2n) is 5.37. The van der Waals surface area contributed by atoms with Crippen molar-refractivity contribution < 1.29 is 19.1 Å². The molecule has 0 saturated carbocycles. The summed E-state index contributed by atoms with van der Waals surface area (Å²) in [6.07, 6.45) is 0.355. The number of carbonyl (C=O) groups is 2. The molecule has 1 aromatic rings. The van der Waals surface area contributed by atoms with Gasteiger partial charge in [-0.05, 0) is 13.8 Å². The molecule has 0 radical (unpaired) electrons. The smallest absolute Gasteiger partial charge is 0.324 e. The van der Waals surface area contributed by atoms with Gasteiger partial charge in [0.25, 0.3) is 0 Å². The van der Waals surface area contributed by atoms with Crippen LogP contribution in [0.4, 0.5) is 5.13 Å². The highest BCUT2D eigenvalue weighted by molar-refractivity contribution is 7.13. The predicted octanol–water partition coefficient (Wildman–Crippen LogP) is 1.21. The molecule has 2 aliphatic rings. The highest BCUT2D eigenvalue weighted by atomic mass is 32.1. The number of cyclic esters (lactones) is 2. The van der Waals surface area contributed by atoms with Crippen molar-refractivity contribution in [1.82, 2.24) is 4.98 Å². The monoisotopic (exact) mass is 282 g/mol. The molecule has 19 heavy (non-hydrogen) atoms. The van der Waals surface area contributed by atoms with Gasteiger partial charge in [-0.2, -0.15) is 0 Å². The molecule has 2 fully saturated rings. The molecule has 2 aliphatic heterocycles. The summed E-state index contributed by atoms with van der Waals surface area (Å²) in [6.45, 7) is 3.53. The molecule has 0 aromatic carbocycles. The summed E-state index contributed by atoms with van der Waals surface area (Å²) in [6, 6.07) is 0. The fraction of sp³-hybridized carbons (Fsp3) is 0.583. The van der Waals surface area contributed by atoms with E-state index in [9.17, 15) is 9.59 Å². The standard InChI is InChI=1S/C12H14N2O4S/c1-6-3-12(8(15)17-6)5-11(2,18-9(12)16)7-4-19-10(13)14-7/h4,6H,3,5H2,1-2H3,(H2,13,14)/t6-,11+,12-/m1/s1. The number of carbonyl (C=O) groups excluding carboxylic acids is 2. The first-order valence-electron chi connectivity index (χ1n) is 6.02. The van der Waals surface area contributed by atoms with Crippen molar-refractivity contribution in [3.05, 3.63) is 11.1 Å². The quantitative estimate of drug-likeness (QED) is 0.615. The Kier molecular flexibility index (Phi) is 2.41. The van der Waals surface area contributed by atoms with E-state index in [1.165, 1.54) is 11.3 Å². The zero-order valence-corrected chi connectivity index (χ0v) is 11.5. The number of anilines is 1. The van der Waals surface area contributed by atoms with Gasteiger partial charge in [0.15, 0.2) is 16.1 Å². The van der Waals surface area contributed by atoms with E-state index >= 15 is 0 Å². The van der Waals surface area contributed by atoms with Gasteiger partial charge < -0.3 is 15.2 Å². The molecular weight excluding hydrogens is 268 g/mol. The van der Waals surface area contributed by atoms with Crippen molar-refractivity contribution >= 4 is 28.4 Å². The highest BCUT2D eigenvalue weighted by Crippen LogP contribution is 2.52. The Morgan fingerprint density at radius 3 is 2.74 bits per heavy atom. The number of thiazole rings is 1. The van der Waals surface area contributed by atoms with Crippen LogP contribution in [-0.4, -0.2) is 23.0 Å². The lowest BCUT2D eigenvalue weighted by molar-refractivity contribution is -0.160. The molecule has 0 amide bonds. The van der Waals surface area contributed by atoms with Gasteiger partial charge in [-0.15, -0.1) is 11.3 Å². The lowest BCUT2D eigenvalue weighted by Gasteiger charge is -2.20. The van der Waals surface area contributed by atoms with Gasteiger partial charge >= 0.3 is 11.9 Å². The summed E-state index contributed by atoms with van der Waals surface area (Å²) in [7, 11) is 0. The summed E-state index contributed by atoms with van der Waals surface area (Å²) in [4.78, 5) is 28.3. The molecule has 7 heteroatoms. The molecule has 0 aliphatic carbocycles. The van der Waals surface area contributed by atoms with E-state index in [1.54, 1.807) is 19.2 Å². The average Bonchev–Trinajstić information content (AvgIpc) is 2.91. The summed E-state index contributed by atoms with van der Waals surface area (Å²) >= 11 is 1.28. The zero-order valence-electron chi connectivity index (χ0n) is 10.6. The van der Waals surface area contributed by atoms with E-state index in [0.717, 1.165) is 0 Å². The highest BCUT2D eigenvalue weighted by Gasteiger charge is 2.65. The lowest BCUT2D eigenvalue weighted by atomic mass is 9.78. The number of hydrogen-bond acceptors (Lipinski definition) is 7. The van der Waals surface area contributed by atoms with Crippen molar-refractivity contribution in [2.24, 2.45) is 5.41 Å². The number of nitrogens with zero attached hydrogens (tertiary/aromatic N) is 1. The van der Waals surface area contributed by atoms with Gasteiger partial charge in [0.05, 0.1) is 5.69 Å². The first-order valence-corrected chi connectivity index (χ1v) is 6.90. The zero-order chi connectivity index (χ0) is 13.8. The van der Waals surface area contributed by atoms with Crippen LogP contribution in [0.2, 0.25) is 0 Å². The molecule has 3 rings (SSSR count). The van der Waals surface area contributed by atoms with E-state index in [-0.39, 0.29) is 12.5 Å². The summed E-state index contributed by atoms with van der Waals surface area (Å²) in [5.41, 5.74) is 4.12. The maximum absolute atomic E-state index is 12.2. The third kappa shape index (κ3) is 1.64. The normalized spacial score (nSPS) is 37.7. The van der Waals surface area contributed by atoms with Crippen LogP contribution in [0.3, 0.4) is 0 Å². The Bertz CT molecular complexity index is 572. The Labute approximate surface area is 113 Å². The second kappa shape index (κ2) is 3.69. The topological polar surface area (TPSA) is 91.5 Å². The Morgan fingerprint density at radius 2 is 2.21 bits per heavy atom. The van der Waals surface area contributed by atoms with Gasteiger partial charge in [0.2, 0.25) is 0 Å². The predicted molar refractivity (Wildman–Crippen MR) is 67.2 cm³/mol. The van der Waals surface area contributed by atoms with Gasteiger partial charge in [-0.1, -0.05) is 0 Å². The molecule has 1 spiro atoms. The SMILES string of the molecule is C[C@@H]1C[C@@]2(C[C@@](C)(c3csc(N)n3)OC2=O)C(=O)O1. The van der Waals surface area contributed by atoms with Crippen LogP contribution in [0.5, 0.6) is 0 Å². The van der Waals surface area contributed by atoms with Crippen molar-refractivity contribution in [2.45, 2.75) is 38.4 Å². The summed E-state index contributed by atoms with van der Waals surface area (Å²) < 4.78 is 10.6. The molecule has 3 atom stereocenters. The Morgan fingerprint density at radius 1 is 1.47 bits per heavy atom. The van der Waals surface area contributed by atoms with Crippen LogP contribution < -0.4 is 5.73 Å². The second-order valence-corrected chi connectivity index (χ2v) is 6.26. The molecule has 0 bridgehead atoms. The van der Waals surface area contributed by atoms with Crippen molar-refractivity contribution in [1.29, 1.82) is 0 Å². The van der Waals surface area contributed by atoms with Crippen molar-refractivity contribution in [2.75, 3.05) is 5.73 Å². The molecule has 3 heterocycles. The van der Waals surface area contributed by atoms with Crippen LogP contribution in [0.1, 0.15) is 32.4 Å². The van der Waals surface area contributed by atoms with Crippen LogP contribution >= 0.6 is 11.3 Å². The molecule has 2 saturated heterocycles.